The molecule has 0 radical (unpaired) electrons. The molecule has 76 valence electrons. The molecule has 1 aromatic carbocycles. The Labute approximate surface area is 89.9 Å². The number of benzene rings is 1. The Morgan fingerprint density at radius 1 is 1.29 bits per heavy atom. The van der Waals surface area contributed by atoms with Crippen LogP contribution in [0, 0.1) is 5.92 Å². The van der Waals surface area contributed by atoms with E-state index in [1.54, 1.807) is 0 Å². The highest BCUT2D eigenvalue weighted by molar-refractivity contribution is 7.99. The number of hydrogen-bond donors (Lipinski definition) is 0. The van der Waals surface area contributed by atoms with E-state index in [0.29, 0.717) is 5.44 Å². The Morgan fingerprint density at radius 2 is 2.07 bits per heavy atom. The van der Waals surface area contributed by atoms with E-state index >= 15 is 0 Å². The molecule has 1 saturated heterocycles. The van der Waals surface area contributed by atoms with Crippen LogP contribution >= 0.6 is 11.8 Å². The molecule has 1 aliphatic heterocycles. The van der Waals surface area contributed by atoms with Crippen molar-refractivity contribution in [1.82, 2.24) is 0 Å². The van der Waals surface area contributed by atoms with Gasteiger partial charge in [0, 0.05) is 11.5 Å². The van der Waals surface area contributed by atoms with Crippen molar-refractivity contribution >= 4 is 11.8 Å². The van der Waals surface area contributed by atoms with Gasteiger partial charge in [-0.25, -0.2) is 0 Å². The van der Waals surface area contributed by atoms with Crippen LogP contribution in [0.25, 0.3) is 0 Å². The van der Waals surface area contributed by atoms with Crippen molar-refractivity contribution in [2.24, 2.45) is 5.92 Å². The van der Waals surface area contributed by atoms with E-state index in [1.165, 1.54) is 17.7 Å². The van der Waals surface area contributed by atoms with E-state index in [1.807, 2.05) is 11.8 Å². The first-order valence-corrected chi connectivity index (χ1v) is 6.06. The Bertz CT molecular complexity index is 273. The highest BCUT2D eigenvalue weighted by atomic mass is 32.2. The molecule has 1 fully saturated rings. The summed E-state index contributed by atoms with van der Waals surface area (Å²) in [6.45, 7) is 3.23. The van der Waals surface area contributed by atoms with Gasteiger partial charge in [0.25, 0.3) is 0 Å². The molecule has 2 heteroatoms. The summed E-state index contributed by atoms with van der Waals surface area (Å²) in [5, 5.41) is 0. The molecule has 1 aliphatic rings. The highest BCUT2D eigenvalue weighted by Gasteiger charge is 2.19. The molecule has 0 spiro atoms. The lowest BCUT2D eigenvalue weighted by atomic mass is 10.0. The average Bonchev–Trinajstić information content (AvgIpc) is 2.19. The minimum atomic E-state index is 0.362. The van der Waals surface area contributed by atoms with E-state index in [9.17, 15) is 0 Å². The molecule has 0 saturated carbocycles. The highest BCUT2D eigenvalue weighted by Crippen LogP contribution is 2.32. The normalized spacial score (nSPS) is 27.5. The molecule has 1 nitrogen and oxygen atoms in total. The minimum Gasteiger partial charge on any atom is -0.367 e. The first kappa shape index (κ1) is 10.1. The molecule has 0 bridgehead atoms. The summed E-state index contributed by atoms with van der Waals surface area (Å²) >= 11 is 1.85. The van der Waals surface area contributed by atoms with Crippen LogP contribution < -0.4 is 0 Å². The van der Waals surface area contributed by atoms with Gasteiger partial charge in [0.05, 0.1) is 0 Å². The topological polar surface area (TPSA) is 9.23 Å². The van der Waals surface area contributed by atoms with Crippen LogP contribution in [0.2, 0.25) is 0 Å². The van der Waals surface area contributed by atoms with Gasteiger partial charge in [-0.15, -0.1) is 0 Å². The lowest BCUT2D eigenvalue weighted by Crippen LogP contribution is -2.21. The quantitative estimate of drug-likeness (QED) is 0.735. The monoisotopic (exact) mass is 208 g/mol. The third-order valence-electron chi connectivity index (χ3n) is 2.52. The Balaban J connectivity index is 1.91. The second-order valence-corrected chi connectivity index (χ2v) is 5.09. The van der Waals surface area contributed by atoms with Gasteiger partial charge in [-0.1, -0.05) is 36.9 Å². The second-order valence-electron chi connectivity index (χ2n) is 3.86. The van der Waals surface area contributed by atoms with Gasteiger partial charge >= 0.3 is 0 Å². The Kier molecular flexibility index (Phi) is 3.49. The van der Waals surface area contributed by atoms with Gasteiger partial charge in [0.1, 0.15) is 5.44 Å². The van der Waals surface area contributed by atoms with Crippen LogP contribution in [-0.2, 0) is 4.74 Å². The van der Waals surface area contributed by atoms with Gasteiger partial charge in [-0.05, 0) is 30.9 Å². The summed E-state index contributed by atoms with van der Waals surface area (Å²) in [6.07, 6.45) is 2.39. The Morgan fingerprint density at radius 3 is 2.79 bits per heavy atom. The van der Waals surface area contributed by atoms with Crippen molar-refractivity contribution in [3.05, 3.63) is 30.3 Å². The van der Waals surface area contributed by atoms with Gasteiger partial charge < -0.3 is 4.74 Å². The van der Waals surface area contributed by atoms with Crippen molar-refractivity contribution in [1.29, 1.82) is 0 Å². The largest absolute Gasteiger partial charge is 0.367 e. The fraction of sp³-hybridized carbons (Fsp3) is 0.500. The van der Waals surface area contributed by atoms with Crippen LogP contribution in [0.1, 0.15) is 19.8 Å². The summed E-state index contributed by atoms with van der Waals surface area (Å²) in [6, 6.07) is 10.5. The summed E-state index contributed by atoms with van der Waals surface area (Å²) in [7, 11) is 0. The zero-order chi connectivity index (χ0) is 9.80. The predicted octanol–water partition coefficient (Wildman–Crippen LogP) is 3.55. The van der Waals surface area contributed by atoms with E-state index in [2.05, 4.69) is 37.3 Å². The summed E-state index contributed by atoms with van der Waals surface area (Å²) in [4.78, 5) is 1.31. The third-order valence-corrected chi connectivity index (χ3v) is 3.66. The molecule has 0 unspecified atom stereocenters. The molecular formula is C12H16OS. The summed E-state index contributed by atoms with van der Waals surface area (Å²) in [5.74, 6) is 0.810. The molecule has 2 rings (SSSR count). The van der Waals surface area contributed by atoms with Crippen molar-refractivity contribution in [3.63, 3.8) is 0 Å². The zero-order valence-electron chi connectivity index (χ0n) is 8.48. The van der Waals surface area contributed by atoms with Crippen molar-refractivity contribution in [2.75, 3.05) is 6.61 Å². The Hall–Kier alpha value is -0.470. The fourth-order valence-electron chi connectivity index (χ4n) is 1.65. The number of ether oxygens (including phenoxy) is 1. The minimum absolute atomic E-state index is 0.362. The first-order valence-electron chi connectivity index (χ1n) is 5.18. The smallest absolute Gasteiger partial charge is 0.108 e. The molecule has 0 N–H and O–H groups in total. The van der Waals surface area contributed by atoms with E-state index in [4.69, 9.17) is 4.74 Å². The van der Waals surface area contributed by atoms with Gasteiger partial charge in [-0.3, -0.25) is 0 Å². The lowest BCUT2D eigenvalue weighted by Gasteiger charge is -2.26. The van der Waals surface area contributed by atoms with Crippen LogP contribution in [0.4, 0.5) is 0 Å². The zero-order valence-corrected chi connectivity index (χ0v) is 9.30. The van der Waals surface area contributed by atoms with Crippen molar-refractivity contribution < 1.29 is 4.74 Å². The maximum absolute atomic E-state index is 5.72. The van der Waals surface area contributed by atoms with E-state index in [0.717, 1.165) is 12.5 Å². The maximum Gasteiger partial charge on any atom is 0.108 e. The molecule has 0 aliphatic carbocycles. The fourth-order valence-corrected chi connectivity index (χ4v) is 2.85. The third kappa shape index (κ3) is 2.76. The second kappa shape index (κ2) is 4.85. The predicted molar refractivity (Wildman–Crippen MR) is 60.4 cm³/mol. The van der Waals surface area contributed by atoms with Crippen LogP contribution in [0.5, 0.6) is 0 Å². The van der Waals surface area contributed by atoms with Crippen LogP contribution in [0.3, 0.4) is 0 Å². The average molecular weight is 208 g/mol. The van der Waals surface area contributed by atoms with Gasteiger partial charge in [-0.2, -0.15) is 0 Å². The van der Waals surface area contributed by atoms with E-state index < -0.39 is 0 Å². The molecule has 1 aromatic rings. The molecule has 0 aromatic heterocycles. The van der Waals surface area contributed by atoms with E-state index in [-0.39, 0.29) is 0 Å². The van der Waals surface area contributed by atoms with Crippen molar-refractivity contribution in [3.8, 4) is 0 Å². The summed E-state index contributed by atoms with van der Waals surface area (Å²) < 4.78 is 5.72. The standard InChI is InChI=1S/C12H16OS/c1-10-7-8-13-12(9-10)14-11-5-3-2-4-6-11/h2-6,10,12H,7-9H2,1H3/t10-,12+/m1/s1. The van der Waals surface area contributed by atoms with Crippen molar-refractivity contribution in [2.45, 2.75) is 30.1 Å². The number of rotatable bonds is 2. The van der Waals surface area contributed by atoms with Gasteiger partial charge in [0.15, 0.2) is 0 Å². The molecule has 0 amide bonds. The number of hydrogen-bond acceptors (Lipinski definition) is 2. The summed E-state index contributed by atoms with van der Waals surface area (Å²) in [5.41, 5.74) is 0.362. The lowest BCUT2D eigenvalue weighted by molar-refractivity contribution is 0.0487. The SMILES string of the molecule is C[C@@H]1CCO[C@@H](Sc2ccccc2)C1. The maximum atomic E-state index is 5.72. The first-order chi connectivity index (χ1) is 6.84. The molecule has 14 heavy (non-hydrogen) atoms. The molecular weight excluding hydrogens is 192 g/mol. The molecule has 1 heterocycles. The van der Waals surface area contributed by atoms with Gasteiger partial charge in [0.2, 0.25) is 0 Å². The molecule has 2 atom stereocenters. The van der Waals surface area contributed by atoms with Crippen LogP contribution in [0.15, 0.2) is 35.2 Å². The van der Waals surface area contributed by atoms with Crippen LogP contribution in [-0.4, -0.2) is 12.0 Å². The number of thioether (sulfide) groups is 1.